The van der Waals surface area contributed by atoms with Gasteiger partial charge in [0.15, 0.2) is 0 Å². The van der Waals surface area contributed by atoms with E-state index in [0.29, 0.717) is 18.0 Å². The van der Waals surface area contributed by atoms with Crippen LogP contribution in [0.4, 0.5) is 0 Å². The molecule has 0 amide bonds. The molecular weight excluding hydrogens is 240 g/mol. The van der Waals surface area contributed by atoms with E-state index in [2.05, 4.69) is 43.2 Å². The third-order valence-electron chi connectivity index (χ3n) is 4.22. The number of likely N-dealkylation sites (tertiary alicyclic amines) is 1. The zero-order chi connectivity index (χ0) is 13.1. The maximum atomic E-state index is 6.04. The Balaban J connectivity index is 2.24. The SMILES string of the molecule is CC(C)C(c1cccs1)N1CCCC(C)C1CN. The first-order valence-corrected chi connectivity index (χ1v) is 8.02. The first kappa shape index (κ1) is 14.0. The standard InChI is InChI=1S/C15H26N2S/c1-11(2)15(14-7-5-9-18-14)17-8-4-6-12(3)13(17)10-16/h5,7,9,11-13,15H,4,6,8,10,16H2,1-3H3. The minimum Gasteiger partial charge on any atom is -0.329 e. The van der Waals surface area contributed by atoms with Gasteiger partial charge < -0.3 is 5.73 Å². The van der Waals surface area contributed by atoms with Crippen molar-refractivity contribution in [2.24, 2.45) is 17.6 Å². The van der Waals surface area contributed by atoms with Crippen molar-refractivity contribution in [3.8, 4) is 0 Å². The van der Waals surface area contributed by atoms with Gasteiger partial charge in [0.1, 0.15) is 0 Å². The molecule has 0 saturated carbocycles. The molecular formula is C15H26N2S. The van der Waals surface area contributed by atoms with E-state index in [4.69, 9.17) is 5.73 Å². The molecule has 2 heterocycles. The predicted molar refractivity (Wildman–Crippen MR) is 79.8 cm³/mol. The summed E-state index contributed by atoms with van der Waals surface area (Å²) >= 11 is 1.88. The zero-order valence-corrected chi connectivity index (χ0v) is 12.6. The van der Waals surface area contributed by atoms with Crippen LogP contribution in [0.1, 0.15) is 44.5 Å². The second-order valence-corrected chi connectivity index (χ2v) is 6.84. The summed E-state index contributed by atoms with van der Waals surface area (Å²) in [6.07, 6.45) is 2.64. The van der Waals surface area contributed by atoms with Crippen LogP contribution in [0.3, 0.4) is 0 Å². The van der Waals surface area contributed by atoms with E-state index in [1.54, 1.807) is 0 Å². The predicted octanol–water partition coefficient (Wildman–Crippen LogP) is 3.50. The van der Waals surface area contributed by atoms with E-state index >= 15 is 0 Å². The van der Waals surface area contributed by atoms with Crippen LogP contribution in [-0.2, 0) is 0 Å². The molecule has 3 unspecified atom stereocenters. The van der Waals surface area contributed by atoms with Crippen molar-refractivity contribution in [3.05, 3.63) is 22.4 Å². The Labute approximate surface area is 115 Å². The summed E-state index contributed by atoms with van der Waals surface area (Å²) in [5.74, 6) is 1.37. The van der Waals surface area contributed by atoms with Gasteiger partial charge in [0.05, 0.1) is 0 Å². The molecule has 0 radical (unpaired) electrons. The third kappa shape index (κ3) is 2.79. The molecule has 1 fully saturated rings. The highest BCUT2D eigenvalue weighted by Gasteiger charge is 2.34. The Bertz CT molecular complexity index is 347. The molecule has 0 spiro atoms. The van der Waals surface area contributed by atoms with Crippen LogP contribution in [0, 0.1) is 11.8 Å². The quantitative estimate of drug-likeness (QED) is 0.903. The first-order chi connectivity index (χ1) is 8.65. The fraction of sp³-hybridized carbons (Fsp3) is 0.733. The van der Waals surface area contributed by atoms with Gasteiger partial charge in [-0.15, -0.1) is 11.3 Å². The number of piperidine rings is 1. The number of nitrogens with zero attached hydrogens (tertiary/aromatic N) is 1. The van der Waals surface area contributed by atoms with Gasteiger partial charge in [0, 0.05) is 23.5 Å². The second-order valence-electron chi connectivity index (χ2n) is 5.86. The van der Waals surface area contributed by atoms with Gasteiger partial charge in [0.2, 0.25) is 0 Å². The highest BCUT2D eigenvalue weighted by atomic mass is 32.1. The summed E-state index contributed by atoms with van der Waals surface area (Å²) in [7, 11) is 0. The average Bonchev–Trinajstić information content (AvgIpc) is 2.82. The van der Waals surface area contributed by atoms with E-state index < -0.39 is 0 Å². The number of thiophene rings is 1. The summed E-state index contributed by atoms with van der Waals surface area (Å²) in [6, 6.07) is 5.54. The molecule has 2 nitrogen and oxygen atoms in total. The van der Waals surface area contributed by atoms with Crippen LogP contribution in [0.2, 0.25) is 0 Å². The largest absolute Gasteiger partial charge is 0.329 e. The topological polar surface area (TPSA) is 29.3 Å². The van der Waals surface area contributed by atoms with Crippen molar-refractivity contribution in [3.63, 3.8) is 0 Å². The molecule has 1 aromatic heterocycles. The van der Waals surface area contributed by atoms with Gasteiger partial charge in [-0.3, -0.25) is 4.90 Å². The fourth-order valence-electron chi connectivity index (χ4n) is 3.33. The molecule has 0 aliphatic carbocycles. The molecule has 1 aliphatic heterocycles. The van der Waals surface area contributed by atoms with Gasteiger partial charge >= 0.3 is 0 Å². The molecule has 1 aliphatic rings. The van der Waals surface area contributed by atoms with E-state index in [-0.39, 0.29) is 0 Å². The Hall–Kier alpha value is -0.380. The molecule has 3 heteroatoms. The summed E-state index contributed by atoms with van der Waals surface area (Å²) in [6.45, 7) is 9.01. The monoisotopic (exact) mass is 266 g/mol. The lowest BCUT2D eigenvalue weighted by atomic mass is 9.87. The summed E-state index contributed by atoms with van der Waals surface area (Å²) in [4.78, 5) is 4.17. The molecule has 1 aromatic rings. The zero-order valence-electron chi connectivity index (χ0n) is 11.8. The number of hydrogen-bond donors (Lipinski definition) is 1. The van der Waals surface area contributed by atoms with Crippen molar-refractivity contribution >= 4 is 11.3 Å². The second kappa shape index (κ2) is 6.18. The Kier molecular flexibility index (Phi) is 4.82. The molecule has 0 aromatic carbocycles. The molecule has 1 saturated heterocycles. The molecule has 18 heavy (non-hydrogen) atoms. The van der Waals surface area contributed by atoms with E-state index in [1.807, 2.05) is 11.3 Å². The van der Waals surface area contributed by atoms with Gasteiger partial charge in [-0.05, 0) is 42.7 Å². The van der Waals surface area contributed by atoms with Crippen LogP contribution in [0.5, 0.6) is 0 Å². The van der Waals surface area contributed by atoms with Gasteiger partial charge in [0.25, 0.3) is 0 Å². The molecule has 0 bridgehead atoms. The number of rotatable bonds is 4. The van der Waals surface area contributed by atoms with Gasteiger partial charge in [-0.2, -0.15) is 0 Å². The minimum absolute atomic E-state index is 0.543. The lowest BCUT2D eigenvalue weighted by Gasteiger charge is -2.45. The van der Waals surface area contributed by atoms with Crippen LogP contribution in [0.15, 0.2) is 17.5 Å². The lowest BCUT2D eigenvalue weighted by Crippen LogP contribution is -2.51. The highest BCUT2D eigenvalue weighted by molar-refractivity contribution is 7.10. The minimum atomic E-state index is 0.543. The Morgan fingerprint density at radius 1 is 1.50 bits per heavy atom. The van der Waals surface area contributed by atoms with Gasteiger partial charge in [-0.1, -0.05) is 26.8 Å². The van der Waals surface area contributed by atoms with E-state index in [1.165, 1.54) is 24.3 Å². The molecule has 2 N–H and O–H groups in total. The Morgan fingerprint density at radius 2 is 2.28 bits per heavy atom. The maximum absolute atomic E-state index is 6.04. The van der Waals surface area contributed by atoms with Crippen molar-refractivity contribution in [2.75, 3.05) is 13.1 Å². The number of nitrogens with two attached hydrogens (primary N) is 1. The first-order valence-electron chi connectivity index (χ1n) is 7.14. The Morgan fingerprint density at radius 3 is 2.83 bits per heavy atom. The smallest absolute Gasteiger partial charge is 0.0467 e. The van der Waals surface area contributed by atoms with Crippen LogP contribution < -0.4 is 5.73 Å². The van der Waals surface area contributed by atoms with Crippen molar-refractivity contribution in [2.45, 2.75) is 45.7 Å². The van der Waals surface area contributed by atoms with E-state index in [0.717, 1.165) is 12.5 Å². The average molecular weight is 266 g/mol. The summed E-state index contributed by atoms with van der Waals surface area (Å²) in [5, 5.41) is 2.19. The summed E-state index contributed by atoms with van der Waals surface area (Å²) < 4.78 is 0. The molecule has 2 rings (SSSR count). The summed E-state index contributed by atoms with van der Waals surface area (Å²) in [5.41, 5.74) is 6.04. The van der Waals surface area contributed by atoms with Crippen molar-refractivity contribution in [1.29, 1.82) is 0 Å². The normalized spacial score (nSPS) is 27.6. The van der Waals surface area contributed by atoms with E-state index in [9.17, 15) is 0 Å². The lowest BCUT2D eigenvalue weighted by molar-refractivity contribution is 0.0425. The highest BCUT2D eigenvalue weighted by Crippen LogP contribution is 2.37. The third-order valence-corrected chi connectivity index (χ3v) is 5.17. The van der Waals surface area contributed by atoms with Crippen LogP contribution in [0.25, 0.3) is 0 Å². The fourth-order valence-corrected chi connectivity index (χ4v) is 4.35. The van der Waals surface area contributed by atoms with Crippen molar-refractivity contribution < 1.29 is 0 Å². The van der Waals surface area contributed by atoms with Gasteiger partial charge in [-0.25, -0.2) is 0 Å². The van der Waals surface area contributed by atoms with Crippen LogP contribution in [-0.4, -0.2) is 24.0 Å². The van der Waals surface area contributed by atoms with Crippen molar-refractivity contribution in [1.82, 2.24) is 4.90 Å². The molecule has 102 valence electrons. The maximum Gasteiger partial charge on any atom is 0.0467 e. The number of hydrogen-bond acceptors (Lipinski definition) is 3. The van der Waals surface area contributed by atoms with Crippen LogP contribution >= 0.6 is 11.3 Å². The molecule has 3 atom stereocenters.